The number of nitriles is 2. The summed E-state index contributed by atoms with van der Waals surface area (Å²) in [6.07, 6.45) is 11.7. The monoisotopic (exact) mass is 1000 g/mol. The van der Waals surface area contributed by atoms with E-state index in [2.05, 4.69) is 39.5 Å². The van der Waals surface area contributed by atoms with Crippen LogP contribution in [0.4, 0.5) is 13.2 Å². The maximum absolute atomic E-state index is 13.4. The molecule has 15 heteroatoms. The molecule has 7 aromatic rings. The summed E-state index contributed by atoms with van der Waals surface area (Å²) < 4.78 is 54.0. The van der Waals surface area contributed by atoms with Crippen molar-refractivity contribution in [3.63, 3.8) is 0 Å². The van der Waals surface area contributed by atoms with Crippen molar-refractivity contribution in [3.05, 3.63) is 184 Å². The number of ether oxygens (including phenoxy) is 3. The molecule has 0 saturated carbocycles. The zero-order valence-corrected chi connectivity index (χ0v) is 40.6. The van der Waals surface area contributed by atoms with Crippen LogP contribution in [0.25, 0.3) is 0 Å². The van der Waals surface area contributed by atoms with Gasteiger partial charge in [-0.2, -0.15) is 10.5 Å². The fourth-order valence-electron chi connectivity index (χ4n) is 8.63. The zero-order valence-electron chi connectivity index (χ0n) is 40.6. The summed E-state index contributed by atoms with van der Waals surface area (Å²) in [5, 5.41) is 83.5. The third-order valence-corrected chi connectivity index (χ3v) is 11.8. The Labute approximate surface area is 426 Å². The van der Waals surface area contributed by atoms with Crippen LogP contribution in [0.2, 0.25) is 0 Å². The summed E-state index contributed by atoms with van der Waals surface area (Å²) in [5.74, 6) is 4.49. The van der Waals surface area contributed by atoms with E-state index in [4.69, 9.17) is 52.9 Å². The van der Waals surface area contributed by atoms with E-state index in [9.17, 15) is 33.6 Å². The Morgan fingerprint density at radius 3 is 1.16 bits per heavy atom. The number of rotatable bonds is 6. The van der Waals surface area contributed by atoms with E-state index in [1.165, 1.54) is 54.6 Å². The van der Waals surface area contributed by atoms with Crippen LogP contribution >= 0.6 is 0 Å². The van der Waals surface area contributed by atoms with Gasteiger partial charge in [0.25, 0.3) is 0 Å². The molecule has 0 atom stereocenters. The molecule has 0 aliphatic heterocycles. The van der Waals surface area contributed by atoms with Crippen molar-refractivity contribution in [1.82, 2.24) is 0 Å². The first-order valence-corrected chi connectivity index (χ1v) is 22.4. The van der Waals surface area contributed by atoms with E-state index >= 15 is 0 Å². The first kappa shape index (κ1) is 55.4. The van der Waals surface area contributed by atoms with Crippen molar-refractivity contribution < 1.29 is 63.1 Å². The van der Waals surface area contributed by atoms with E-state index in [0.717, 1.165) is 47.2 Å². The Morgan fingerprint density at radius 1 is 0.473 bits per heavy atom. The molecule has 0 unspecified atom stereocenters. The van der Waals surface area contributed by atoms with Gasteiger partial charge in [0.05, 0.1) is 0 Å². The fraction of sp³-hybridized carbons (Fsp3) is 0.186. The molecule has 0 fully saturated rings. The number of phenols is 7. The summed E-state index contributed by atoms with van der Waals surface area (Å²) in [4.78, 5) is 0. The second kappa shape index (κ2) is 24.0. The van der Waals surface area contributed by atoms with Gasteiger partial charge in [-0.1, -0.05) is 51.7 Å². The van der Waals surface area contributed by atoms with Crippen LogP contribution in [-0.4, -0.2) is 49.0 Å². The van der Waals surface area contributed by atoms with Crippen molar-refractivity contribution in [2.45, 2.75) is 56.8 Å². The quantitative estimate of drug-likeness (QED) is 0.0470. The van der Waals surface area contributed by atoms with Gasteiger partial charge in [0.1, 0.15) is 94.2 Å². The van der Waals surface area contributed by atoms with E-state index in [1.807, 2.05) is 0 Å². The molecule has 7 aromatic carbocycles. The van der Waals surface area contributed by atoms with E-state index < -0.39 is 23.0 Å². The summed E-state index contributed by atoms with van der Waals surface area (Å²) in [5.41, 5.74) is 2.71. The number of phenolic OH excluding ortho intramolecular Hbond substituents is 7. The van der Waals surface area contributed by atoms with Gasteiger partial charge in [-0.25, -0.2) is 13.2 Å². The number of hydrogen-bond acceptors (Lipinski definition) is 12. The van der Waals surface area contributed by atoms with Crippen LogP contribution < -0.4 is 14.2 Å². The second-order valence-electron chi connectivity index (χ2n) is 18.0. The minimum atomic E-state index is -0.817. The van der Waals surface area contributed by atoms with Gasteiger partial charge in [-0.15, -0.1) is 12.8 Å². The van der Waals surface area contributed by atoms with Crippen molar-refractivity contribution in [3.8, 4) is 100 Å². The van der Waals surface area contributed by atoms with E-state index in [1.54, 1.807) is 78.9 Å². The number of hydrogen-bond donors (Lipinski definition) is 7. The third kappa shape index (κ3) is 13.4. The minimum absolute atomic E-state index is 0.102. The lowest BCUT2D eigenvalue weighted by molar-refractivity contribution is 0.348. The molecule has 0 radical (unpaired) electrons. The largest absolute Gasteiger partial charge is 0.508 e. The highest BCUT2D eigenvalue weighted by Gasteiger charge is 2.56. The highest BCUT2D eigenvalue weighted by atomic mass is 19.1. The zero-order chi connectivity index (χ0) is 54.4. The normalized spacial score (nSPS) is 13.2. The molecule has 7 N–H and O–H groups in total. The van der Waals surface area contributed by atoms with Crippen molar-refractivity contribution in [2.24, 2.45) is 0 Å². The summed E-state index contributed by atoms with van der Waals surface area (Å²) >= 11 is 0. The summed E-state index contributed by atoms with van der Waals surface area (Å²) in [6.45, 7) is 9.00. The number of aromatic hydroxyl groups is 7. The molecule has 1 spiro atoms. The molecule has 2 aliphatic rings. The second-order valence-corrected chi connectivity index (χ2v) is 18.0. The van der Waals surface area contributed by atoms with Gasteiger partial charge < -0.3 is 50.0 Å². The van der Waals surface area contributed by atoms with Gasteiger partial charge in [0.2, 0.25) is 0 Å². The summed E-state index contributed by atoms with van der Waals surface area (Å²) in [7, 11) is 0. The Bertz CT molecular complexity index is 3140. The number of benzene rings is 7. The first-order valence-electron chi connectivity index (χ1n) is 22.4. The molecule has 2 aliphatic carbocycles. The van der Waals surface area contributed by atoms with Crippen molar-refractivity contribution >= 4 is 0 Å². The van der Waals surface area contributed by atoms with Gasteiger partial charge >= 0.3 is 0 Å². The molecule has 0 aromatic heterocycles. The Balaban J connectivity index is 0.000000184. The molecule has 9 rings (SSSR count). The van der Waals surface area contributed by atoms with E-state index in [0.29, 0.717) is 17.2 Å². The molecule has 0 amide bonds. The molecule has 74 heavy (non-hydrogen) atoms. The number of nitrogens with zero attached hydrogens (tertiary/aromatic N) is 2. The Morgan fingerprint density at radius 2 is 0.797 bits per heavy atom. The van der Waals surface area contributed by atoms with Crippen molar-refractivity contribution in [2.75, 3.05) is 13.2 Å². The predicted molar refractivity (Wildman–Crippen MR) is 271 cm³/mol. The summed E-state index contributed by atoms with van der Waals surface area (Å²) in [6, 6.07) is 36.2. The van der Waals surface area contributed by atoms with Crippen LogP contribution in [0, 0.1) is 64.8 Å². The molecule has 0 heterocycles. The average molecular weight is 1010 g/mol. The lowest BCUT2D eigenvalue weighted by atomic mass is 9.72. The highest BCUT2D eigenvalue weighted by Crippen LogP contribution is 2.64. The molecule has 0 bridgehead atoms. The Kier molecular flexibility index (Phi) is 18.0. The molecule has 12 nitrogen and oxygen atoms in total. The van der Waals surface area contributed by atoms with Crippen LogP contribution in [0.3, 0.4) is 0 Å². The maximum Gasteiger partial charge on any atom is 0.157 e. The van der Waals surface area contributed by atoms with Crippen LogP contribution in [0.15, 0.2) is 133 Å². The van der Waals surface area contributed by atoms with Crippen LogP contribution in [0.1, 0.15) is 73.9 Å². The average Bonchev–Trinajstić information content (AvgIpc) is 3.71. The standard InChI is InChI=1S/C21H24O4.C16H10FNO2.C9H8O2.C7H3F2N.C6H6O2/c1-19(2)9-21(13-7-17(24)15(22)5-11(13)19)10-20(3,4)12-6-16(23)18(25)8-14(12)21;1-2-10-19-12-6-8-13(9-7-12)20-16-5-3-4-15(17)14(16)11-18;1-2-7-11-9-5-3-8(10)4-6-9;8-6-2-1-3-7(9)5(6)4-10;7-5-1-2-6(8)4-3-5/h5-8,22-25H,9-10H2,1-4H3;1,3-9H,10H2;1,3-6,10H,7H2;1-3H;1-4,7-8H. The molecule has 0 saturated heterocycles. The molecule has 378 valence electrons. The predicted octanol–water partition coefficient (Wildman–Crippen LogP) is 12.0. The van der Waals surface area contributed by atoms with Gasteiger partial charge in [0, 0.05) is 5.41 Å². The van der Waals surface area contributed by atoms with Gasteiger partial charge in [-0.3, -0.25) is 0 Å². The Hall–Kier alpha value is -9.57. The third-order valence-electron chi connectivity index (χ3n) is 11.8. The van der Waals surface area contributed by atoms with Crippen LogP contribution in [0.5, 0.6) is 63.2 Å². The number of halogens is 3. The van der Waals surface area contributed by atoms with Gasteiger partial charge in [0.15, 0.2) is 23.0 Å². The molecular formula is C59H51F3N2O10. The molecular weight excluding hydrogens is 954 g/mol. The number of fused-ring (bicyclic) bond motifs is 4. The van der Waals surface area contributed by atoms with Crippen molar-refractivity contribution in [1.29, 1.82) is 10.5 Å². The first-order chi connectivity index (χ1) is 35.1. The minimum Gasteiger partial charge on any atom is -0.508 e. The highest BCUT2D eigenvalue weighted by molar-refractivity contribution is 5.65. The van der Waals surface area contributed by atoms with Gasteiger partial charge in [-0.05, 0) is 167 Å². The topological polar surface area (TPSA) is 217 Å². The van der Waals surface area contributed by atoms with E-state index in [-0.39, 0.29) is 81.0 Å². The van der Waals surface area contributed by atoms with Crippen LogP contribution in [-0.2, 0) is 16.2 Å². The SMILES string of the molecule is C#CCOc1ccc(O)cc1.C#CCOc1ccc(Oc2cccc(F)c2C#N)cc1.CC1(C)CC2(CC(C)(C)c3cc(O)c(O)cc32)c2cc(O)c(O)cc21.N#Cc1c(F)cccc1F.Oc1ccc(O)cc1. The smallest absolute Gasteiger partial charge is 0.157 e. The number of terminal acetylenes is 2. The fourth-order valence-corrected chi connectivity index (χ4v) is 8.63. The lowest BCUT2D eigenvalue weighted by Gasteiger charge is -2.30. The maximum atomic E-state index is 13.4. The lowest BCUT2D eigenvalue weighted by Crippen LogP contribution is -2.26.